The molecule has 5 nitrogen and oxygen atoms in total. The third kappa shape index (κ3) is 2.83. The van der Waals surface area contributed by atoms with Gasteiger partial charge in [-0.2, -0.15) is 0 Å². The van der Waals surface area contributed by atoms with Gasteiger partial charge in [0.2, 0.25) is 0 Å². The van der Waals surface area contributed by atoms with Gasteiger partial charge < -0.3 is 19.9 Å². The summed E-state index contributed by atoms with van der Waals surface area (Å²) in [5, 5.41) is 12.6. The Morgan fingerprint density at radius 1 is 1.04 bits per heavy atom. The third-order valence-electron chi connectivity index (χ3n) is 4.53. The van der Waals surface area contributed by atoms with Crippen LogP contribution in [0.3, 0.4) is 0 Å². The number of aromatic hydroxyl groups is 1. The molecule has 1 saturated heterocycles. The van der Waals surface area contributed by atoms with Crippen LogP contribution in [-0.4, -0.2) is 30.3 Å². The molecule has 1 fully saturated rings. The lowest BCUT2D eigenvalue weighted by Gasteiger charge is -2.23. The molecule has 0 radical (unpaired) electrons. The molecule has 0 saturated carbocycles. The van der Waals surface area contributed by atoms with E-state index in [1.807, 2.05) is 24.3 Å². The Balaban J connectivity index is 1.70. The molecule has 0 atom stereocenters. The van der Waals surface area contributed by atoms with Crippen molar-refractivity contribution in [2.24, 2.45) is 0 Å². The van der Waals surface area contributed by atoms with Crippen molar-refractivity contribution in [3.63, 3.8) is 0 Å². The Hall–Kier alpha value is -2.53. The van der Waals surface area contributed by atoms with Crippen LogP contribution in [0.5, 0.6) is 11.5 Å². The van der Waals surface area contributed by atoms with Gasteiger partial charge in [-0.05, 0) is 47.0 Å². The van der Waals surface area contributed by atoms with Gasteiger partial charge in [-0.3, -0.25) is 4.79 Å². The van der Waals surface area contributed by atoms with Crippen molar-refractivity contribution in [2.45, 2.75) is 25.5 Å². The predicted molar refractivity (Wildman–Crippen MR) is 89.2 cm³/mol. The fourth-order valence-electron chi connectivity index (χ4n) is 3.27. The molecule has 4 rings (SSSR count). The van der Waals surface area contributed by atoms with Gasteiger partial charge in [0.25, 0.3) is 5.91 Å². The van der Waals surface area contributed by atoms with Crippen LogP contribution in [0, 0.1) is 0 Å². The van der Waals surface area contributed by atoms with Crippen LogP contribution in [0.2, 0.25) is 0 Å². The molecule has 24 heavy (non-hydrogen) atoms. The summed E-state index contributed by atoms with van der Waals surface area (Å²) in [5.74, 6) is 0.780. The molecule has 1 amide bonds. The summed E-state index contributed by atoms with van der Waals surface area (Å²) in [5.41, 5.74) is 3.32. The van der Waals surface area contributed by atoms with Crippen molar-refractivity contribution < 1.29 is 19.4 Å². The van der Waals surface area contributed by atoms with Crippen LogP contribution in [-0.2, 0) is 11.3 Å². The van der Waals surface area contributed by atoms with Crippen LogP contribution < -0.4 is 10.1 Å². The van der Waals surface area contributed by atoms with Crippen molar-refractivity contribution in [1.82, 2.24) is 5.32 Å². The Morgan fingerprint density at radius 2 is 1.83 bits per heavy atom. The van der Waals surface area contributed by atoms with E-state index in [-0.39, 0.29) is 17.8 Å². The zero-order valence-corrected chi connectivity index (χ0v) is 13.2. The first-order valence-corrected chi connectivity index (χ1v) is 8.19. The zero-order chi connectivity index (χ0) is 16.5. The molecule has 0 aliphatic carbocycles. The second kappa shape index (κ2) is 6.17. The SMILES string of the molecule is O=C1NCc2cc(O)ccc2-c2ccc(OC3CCOCC3)cc21. The number of hydrogen-bond acceptors (Lipinski definition) is 4. The molecule has 124 valence electrons. The first-order valence-electron chi connectivity index (χ1n) is 8.19. The molecule has 2 aromatic rings. The van der Waals surface area contributed by atoms with Gasteiger partial charge in [-0.25, -0.2) is 0 Å². The number of ether oxygens (including phenoxy) is 2. The Bertz CT molecular complexity index is 781. The third-order valence-corrected chi connectivity index (χ3v) is 4.53. The standard InChI is InChI=1S/C19H19NO4/c21-13-1-3-16-12(9-13)11-20-19(22)18-10-15(2-4-17(16)18)24-14-5-7-23-8-6-14/h1-4,9-10,14,21H,5-8,11H2,(H,20,22). The van der Waals surface area contributed by atoms with Crippen LogP contribution in [0.1, 0.15) is 28.8 Å². The summed E-state index contributed by atoms with van der Waals surface area (Å²) in [7, 11) is 0. The number of carbonyl (C=O) groups excluding carboxylic acids is 1. The highest BCUT2D eigenvalue weighted by Crippen LogP contribution is 2.34. The van der Waals surface area contributed by atoms with E-state index in [4.69, 9.17) is 9.47 Å². The minimum Gasteiger partial charge on any atom is -0.508 e. The van der Waals surface area contributed by atoms with E-state index in [1.165, 1.54) is 0 Å². The summed E-state index contributed by atoms with van der Waals surface area (Å²) >= 11 is 0. The summed E-state index contributed by atoms with van der Waals surface area (Å²) in [6, 6.07) is 10.8. The fourth-order valence-corrected chi connectivity index (χ4v) is 3.27. The molecular weight excluding hydrogens is 306 g/mol. The first kappa shape index (κ1) is 15.0. The van der Waals surface area contributed by atoms with Crippen LogP contribution >= 0.6 is 0 Å². The number of nitrogens with one attached hydrogen (secondary N) is 1. The molecule has 2 aliphatic rings. The average Bonchev–Trinajstić information content (AvgIpc) is 2.73. The highest BCUT2D eigenvalue weighted by Gasteiger charge is 2.22. The van der Waals surface area contributed by atoms with Gasteiger partial charge in [0, 0.05) is 19.4 Å². The maximum atomic E-state index is 12.5. The van der Waals surface area contributed by atoms with Crippen molar-refractivity contribution in [3.05, 3.63) is 47.5 Å². The summed E-state index contributed by atoms with van der Waals surface area (Å²) in [6.07, 6.45) is 1.87. The minimum atomic E-state index is -0.127. The topological polar surface area (TPSA) is 67.8 Å². The minimum absolute atomic E-state index is 0.127. The monoisotopic (exact) mass is 325 g/mol. The lowest BCUT2D eigenvalue weighted by molar-refractivity contribution is 0.0255. The number of phenols is 1. The van der Waals surface area contributed by atoms with Crippen LogP contribution in [0.15, 0.2) is 36.4 Å². The Kier molecular flexibility index (Phi) is 3.86. The van der Waals surface area contributed by atoms with Crippen molar-refractivity contribution in [2.75, 3.05) is 13.2 Å². The maximum absolute atomic E-state index is 12.5. The Labute approximate surface area is 140 Å². The van der Waals surface area contributed by atoms with Gasteiger partial charge >= 0.3 is 0 Å². The molecule has 2 aromatic carbocycles. The molecule has 5 heteroatoms. The van der Waals surface area contributed by atoms with E-state index >= 15 is 0 Å². The van der Waals surface area contributed by atoms with Gasteiger partial charge in [-0.15, -0.1) is 0 Å². The van der Waals surface area contributed by atoms with E-state index in [9.17, 15) is 9.90 Å². The van der Waals surface area contributed by atoms with E-state index in [0.717, 1.165) is 29.5 Å². The summed E-state index contributed by atoms with van der Waals surface area (Å²) in [6.45, 7) is 1.83. The van der Waals surface area contributed by atoms with Crippen LogP contribution in [0.4, 0.5) is 0 Å². The van der Waals surface area contributed by atoms with E-state index in [0.29, 0.717) is 31.1 Å². The molecule has 2 N–H and O–H groups in total. The van der Waals surface area contributed by atoms with Crippen molar-refractivity contribution in [3.8, 4) is 22.6 Å². The number of amides is 1. The Morgan fingerprint density at radius 3 is 2.67 bits per heavy atom. The second-order valence-corrected chi connectivity index (χ2v) is 6.16. The maximum Gasteiger partial charge on any atom is 0.252 e. The smallest absolute Gasteiger partial charge is 0.252 e. The molecule has 0 bridgehead atoms. The van der Waals surface area contributed by atoms with Gasteiger partial charge in [0.15, 0.2) is 0 Å². The summed E-state index contributed by atoms with van der Waals surface area (Å²) in [4.78, 5) is 12.5. The number of rotatable bonds is 2. The van der Waals surface area contributed by atoms with Crippen LogP contribution in [0.25, 0.3) is 11.1 Å². The normalized spacial score (nSPS) is 17.4. The summed E-state index contributed by atoms with van der Waals surface area (Å²) < 4.78 is 11.4. The fraction of sp³-hybridized carbons (Fsp3) is 0.316. The number of benzene rings is 2. The van der Waals surface area contributed by atoms with Gasteiger partial charge in [-0.1, -0.05) is 6.07 Å². The number of carbonyl (C=O) groups is 1. The van der Waals surface area contributed by atoms with Crippen molar-refractivity contribution in [1.29, 1.82) is 0 Å². The second-order valence-electron chi connectivity index (χ2n) is 6.16. The highest BCUT2D eigenvalue weighted by molar-refractivity contribution is 6.02. The molecule has 0 spiro atoms. The molecular formula is C19H19NO4. The average molecular weight is 325 g/mol. The van der Waals surface area contributed by atoms with Crippen molar-refractivity contribution >= 4 is 5.91 Å². The number of fused-ring (bicyclic) bond motifs is 3. The first-order chi connectivity index (χ1) is 11.7. The van der Waals surface area contributed by atoms with E-state index in [2.05, 4.69) is 5.32 Å². The molecule has 2 aliphatic heterocycles. The zero-order valence-electron chi connectivity index (χ0n) is 13.2. The van der Waals surface area contributed by atoms with E-state index < -0.39 is 0 Å². The van der Waals surface area contributed by atoms with Gasteiger partial charge in [0.1, 0.15) is 17.6 Å². The lowest BCUT2D eigenvalue weighted by Crippen LogP contribution is -2.26. The highest BCUT2D eigenvalue weighted by atomic mass is 16.5. The van der Waals surface area contributed by atoms with E-state index in [1.54, 1.807) is 12.1 Å². The predicted octanol–water partition coefficient (Wildman–Crippen LogP) is 2.86. The lowest BCUT2D eigenvalue weighted by atomic mass is 9.96. The quantitative estimate of drug-likeness (QED) is 0.891. The molecule has 2 heterocycles. The molecule has 0 aromatic heterocycles. The largest absolute Gasteiger partial charge is 0.508 e. The number of phenolic OH excluding ortho intramolecular Hbond substituents is 1. The van der Waals surface area contributed by atoms with Gasteiger partial charge in [0.05, 0.1) is 18.8 Å². The molecule has 0 unspecified atom stereocenters. The number of hydrogen-bond donors (Lipinski definition) is 2.